The average Bonchev–Trinajstić information content (AvgIpc) is 3.03. The highest BCUT2D eigenvalue weighted by Crippen LogP contribution is 2.18. The summed E-state index contributed by atoms with van der Waals surface area (Å²) in [4.78, 5) is 4.96. The molecule has 0 aliphatic carbocycles. The number of nitrogens with zero attached hydrogens (tertiary/aromatic N) is 2. The number of hydrogen-bond acceptors (Lipinski definition) is 4. The van der Waals surface area contributed by atoms with E-state index in [2.05, 4.69) is 27.9 Å². The maximum Gasteiger partial charge on any atom is 0.132 e. The average molecular weight is 324 g/mol. The largest absolute Gasteiger partial charge is 0.497 e. The molecular weight excluding hydrogens is 304 g/mol. The van der Waals surface area contributed by atoms with Gasteiger partial charge in [0.25, 0.3) is 0 Å². The molecule has 5 nitrogen and oxygen atoms in total. The number of methoxy groups -OCH3 is 1. The summed E-state index contributed by atoms with van der Waals surface area (Å²) in [5, 5.41) is 5.30. The number of oxime groups is 1. The lowest BCUT2D eigenvalue weighted by Crippen LogP contribution is -2.18. The molecule has 0 saturated carbocycles. The van der Waals surface area contributed by atoms with Gasteiger partial charge in [-0.05, 0) is 41.8 Å². The molecule has 124 valence electrons. The molecule has 1 aromatic heterocycles. The van der Waals surface area contributed by atoms with Crippen LogP contribution in [0.3, 0.4) is 0 Å². The van der Waals surface area contributed by atoms with Crippen molar-refractivity contribution in [1.82, 2.24) is 4.57 Å². The van der Waals surface area contributed by atoms with E-state index >= 15 is 0 Å². The first kappa shape index (κ1) is 15.9. The third-order valence-corrected chi connectivity index (χ3v) is 3.72. The van der Waals surface area contributed by atoms with Crippen molar-refractivity contribution < 1.29 is 14.3 Å². The van der Waals surface area contributed by atoms with E-state index in [9.17, 15) is 0 Å². The monoisotopic (exact) mass is 324 g/mol. The zero-order chi connectivity index (χ0) is 16.8. The first-order valence-electron chi connectivity index (χ1n) is 7.70. The fraction of sp³-hybridized carbons (Fsp3) is 0.211. The molecule has 0 atom stereocenters. The maximum atomic E-state index is 5.80. The third kappa shape index (κ3) is 3.68. The van der Waals surface area contributed by atoms with Gasteiger partial charge in [0.2, 0.25) is 0 Å². The molecule has 0 N–H and O–H groups in total. The Morgan fingerprint density at radius 2 is 1.71 bits per heavy atom. The van der Waals surface area contributed by atoms with Crippen LogP contribution in [0, 0.1) is 0 Å². The molecule has 3 rings (SSSR count). The Bertz CT molecular complexity index is 822. The zero-order valence-corrected chi connectivity index (χ0v) is 13.8. The minimum Gasteiger partial charge on any atom is -0.497 e. The summed E-state index contributed by atoms with van der Waals surface area (Å²) in [6.45, 7) is 0.962. The minimum absolute atomic E-state index is 0.354. The Morgan fingerprint density at radius 1 is 0.958 bits per heavy atom. The van der Waals surface area contributed by atoms with Gasteiger partial charge in [-0.1, -0.05) is 23.4 Å². The summed E-state index contributed by atoms with van der Waals surface area (Å²) < 4.78 is 13.1. The van der Waals surface area contributed by atoms with Gasteiger partial charge in [0.15, 0.2) is 0 Å². The highest BCUT2D eigenvalue weighted by atomic mass is 16.6. The molecule has 5 heteroatoms. The highest BCUT2D eigenvalue weighted by molar-refractivity contribution is 5.88. The highest BCUT2D eigenvalue weighted by Gasteiger charge is 2.07. The molecule has 3 aromatic rings. The number of aromatic nitrogens is 1. The van der Waals surface area contributed by atoms with Crippen molar-refractivity contribution in [3.05, 3.63) is 60.8 Å². The van der Waals surface area contributed by atoms with Crippen LogP contribution in [-0.2, 0) is 11.4 Å². The molecule has 0 unspecified atom stereocenters. The van der Waals surface area contributed by atoms with Crippen LogP contribution in [0.2, 0.25) is 0 Å². The van der Waals surface area contributed by atoms with E-state index in [1.54, 1.807) is 14.2 Å². The van der Waals surface area contributed by atoms with Gasteiger partial charge in [-0.25, -0.2) is 0 Å². The molecule has 1 heterocycles. The normalized spacial score (nSPS) is 11.5. The molecule has 0 saturated heterocycles. The Morgan fingerprint density at radius 3 is 2.46 bits per heavy atom. The van der Waals surface area contributed by atoms with Crippen LogP contribution in [-0.4, -0.2) is 31.1 Å². The van der Waals surface area contributed by atoms with Gasteiger partial charge in [-0.2, -0.15) is 0 Å². The Labute approximate surface area is 141 Å². The molecule has 0 fully saturated rings. The van der Waals surface area contributed by atoms with Crippen LogP contribution in [0.4, 0.5) is 0 Å². The van der Waals surface area contributed by atoms with E-state index in [1.165, 1.54) is 5.39 Å². The van der Waals surface area contributed by atoms with Crippen LogP contribution in [0.1, 0.15) is 0 Å². The molecule has 0 aliphatic heterocycles. The topological polar surface area (TPSA) is 45.0 Å². The predicted molar refractivity (Wildman–Crippen MR) is 94.9 cm³/mol. The summed E-state index contributed by atoms with van der Waals surface area (Å²) >= 11 is 0. The lowest BCUT2D eigenvalue weighted by atomic mass is 10.2. The fourth-order valence-electron chi connectivity index (χ4n) is 2.54. The van der Waals surface area contributed by atoms with Crippen LogP contribution in [0.15, 0.2) is 65.9 Å². The molecule has 0 bridgehead atoms. The molecule has 0 spiro atoms. The van der Waals surface area contributed by atoms with Crippen molar-refractivity contribution in [3.8, 4) is 11.5 Å². The number of benzene rings is 2. The SMILES string of the molecule is CON=C(COc1ccc(OC)cc1)Cn1ccc2ccccc21. The van der Waals surface area contributed by atoms with E-state index in [1.807, 2.05) is 42.6 Å². The first-order chi connectivity index (χ1) is 11.8. The van der Waals surface area contributed by atoms with Crippen molar-refractivity contribution in [1.29, 1.82) is 0 Å². The molecule has 0 aliphatic rings. The van der Waals surface area contributed by atoms with Gasteiger partial charge in [0.05, 0.1) is 13.7 Å². The number of ether oxygens (including phenoxy) is 2. The van der Waals surface area contributed by atoms with Crippen molar-refractivity contribution in [2.75, 3.05) is 20.8 Å². The van der Waals surface area contributed by atoms with Crippen LogP contribution < -0.4 is 9.47 Å². The summed E-state index contributed by atoms with van der Waals surface area (Å²) in [6.07, 6.45) is 2.04. The number of fused-ring (bicyclic) bond motifs is 1. The van der Waals surface area contributed by atoms with Gasteiger partial charge < -0.3 is 18.9 Å². The van der Waals surface area contributed by atoms with Crippen LogP contribution >= 0.6 is 0 Å². The second-order valence-corrected chi connectivity index (χ2v) is 5.31. The maximum absolute atomic E-state index is 5.80. The summed E-state index contributed by atoms with van der Waals surface area (Å²) in [7, 11) is 3.18. The van der Waals surface area contributed by atoms with Gasteiger partial charge in [-0.3, -0.25) is 0 Å². The Hall–Kier alpha value is -2.95. The van der Waals surface area contributed by atoms with Crippen molar-refractivity contribution in [3.63, 3.8) is 0 Å². The molecule has 24 heavy (non-hydrogen) atoms. The van der Waals surface area contributed by atoms with Gasteiger partial charge >= 0.3 is 0 Å². The fourth-order valence-corrected chi connectivity index (χ4v) is 2.54. The number of hydrogen-bond donors (Lipinski definition) is 0. The van der Waals surface area contributed by atoms with Crippen molar-refractivity contribution in [2.45, 2.75) is 6.54 Å². The van der Waals surface area contributed by atoms with Gasteiger partial charge in [0.1, 0.15) is 30.9 Å². The second-order valence-electron chi connectivity index (χ2n) is 5.31. The standard InChI is InChI=1S/C19H20N2O3/c1-22-17-7-9-18(10-8-17)24-14-16(20-23-2)13-21-12-11-15-5-3-4-6-19(15)21/h3-12H,13-14H2,1-2H3. The van der Waals surface area contributed by atoms with E-state index < -0.39 is 0 Å². The van der Waals surface area contributed by atoms with Gasteiger partial charge in [-0.15, -0.1) is 0 Å². The summed E-state index contributed by atoms with van der Waals surface area (Å²) in [5.74, 6) is 1.56. The number of rotatable bonds is 7. The van der Waals surface area contributed by atoms with Crippen molar-refractivity contribution in [2.24, 2.45) is 5.16 Å². The predicted octanol–water partition coefficient (Wildman–Crippen LogP) is 3.73. The lowest BCUT2D eigenvalue weighted by Gasteiger charge is -2.11. The van der Waals surface area contributed by atoms with Crippen molar-refractivity contribution >= 4 is 16.6 Å². The smallest absolute Gasteiger partial charge is 0.132 e. The third-order valence-electron chi connectivity index (χ3n) is 3.72. The zero-order valence-electron chi connectivity index (χ0n) is 13.8. The second kappa shape index (κ2) is 7.55. The molecule has 0 amide bonds. The quantitative estimate of drug-likeness (QED) is 0.491. The molecular formula is C19H20N2O3. The van der Waals surface area contributed by atoms with E-state index in [0.29, 0.717) is 13.2 Å². The van der Waals surface area contributed by atoms with Crippen LogP contribution in [0.25, 0.3) is 10.9 Å². The minimum atomic E-state index is 0.354. The van der Waals surface area contributed by atoms with E-state index in [-0.39, 0.29) is 0 Å². The Balaban J connectivity index is 1.69. The summed E-state index contributed by atoms with van der Waals surface area (Å²) in [6, 6.07) is 17.8. The lowest BCUT2D eigenvalue weighted by molar-refractivity contribution is 0.208. The summed E-state index contributed by atoms with van der Waals surface area (Å²) in [5.41, 5.74) is 1.96. The molecule has 0 radical (unpaired) electrons. The van der Waals surface area contributed by atoms with Crippen LogP contribution in [0.5, 0.6) is 11.5 Å². The Kier molecular flexibility index (Phi) is 5.01. The van der Waals surface area contributed by atoms with E-state index in [4.69, 9.17) is 14.3 Å². The first-order valence-corrected chi connectivity index (χ1v) is 7.70. The number of para-hydroxylation sites is 1. The van der Waals surface area contributed by atoms with Gasteiger partial charge in [0, 0.05) is 11.7 Å². The van der Waals surface area contributed by atoms with E-state index in [0.717, 1.165) is 22.7 Å². The molecule has 2 aromatic carbocycles.